The van der Waals surface area contributed by atoms with Crippen LogP contribution >= 0.6 is 0 Å². The minimum atomic E-state index is -0.934. The number of aryl methyl sites for hydroxylation is 1. The summed E-state index contributed by atoms with van der Waals surface area (Å²) in [7, 11) is 0. The zero-order valence-corrected chi connectivity index (χ0v) is 15.5. The van der Waals surface area contributed by atoms with Gasteiger partial charge in [-0.2, -0.15) is 5.10 Å². The van der Waals surface area contributed by atoms with Gasteiger partial charge in [0, 0.05) is 5.69 Å². The third kappa shape index (κ3) is 4.06. The average Bonchev–Trinajstić information content (AvgIpc) is 2.97. The lowest BCUT2D eigenvalue weighted by Crippen LogP contribution is -2.30. The minimum absolute atomic E-state index is 0.373. The van der Waals surface area contributed by atoms with Crippen molar-refractivity contribution in [1.82, 2.24) is 9.78 Å². The van der Waals surface area contributed by atoms with Gasteiger partial charge in [0.15, 0.2) is 6.10 Å². The van der Waals surface area contributed by atoms with Gasteiger partial charge in [-0.05, 0) is 45.0 Å². The number of aromatic nitrogens is 2. The molecule has 2 aromatic carbocycles. The molecule has 0 fully saturated rings. The maximum atomic E-state index is 12.6. The smallest absolute Gasteiger partial charge is 0.342 e. The van der Waals surface area contributed by atoms with Crippen LogP contribution in [0.3, 0.4) is 0 Å². The first kappa shape index (κ1) is 18.4. The molecule has 0 unspecified atom stereocenters. The lowest BCUT2D eigenvalue weighted by molar-refractivity contribution is -0.123. The fraction of sp³-hybridized carbons (Fsp3) is 0.190. The SMILES string of the molecule is Cc1nn(-c2ccccc2)c(C)c1C(=O)O[C@@H](C)C(=O)Nc1ccccc1. The van der Waals surface area contributed by atoms with E-state index in [0.29, 0.717) is 22.6 Å². The average molecular weight is 363 g/mol. The Morgan fingerprint density at radius 3 is 2.22 bits per heavy atom. The van der Waals surface area contributed by atoms with Gasteiger partial charge in [0.05, 0.1) is 17.1 Å². The van der Waals surface area contributed by atoms with E-state index in [1.165, 1.54) is 0 Å². The van der Waals surface area contributed by atoms with E-state index in [9.17, 15) is 9.59 Å². The van der Waals surface area contributed by atoms with Gasteiger partial charge in [-0.1, -0.05) is 36.4 Å². The third-order valence-corrected chi connectivity index (χ3v) is 4.19. The van der Waals surface area contributed by atoms with Crippen LogP contribution in [0.1, 0.15) is 28.7 Å². The van der Waals surface area contributed by atoms with Crippen LogP contribution in [-0.4, -0.2) is 27.8 Å². The number of anilines is 1. The number of ether oxygens (including phenoxy) is 1. The Morgan fingerprint density at radius 1 is 1.00 bits per heavy atom. The summed E-state index contributed by atoms with van der Waals surface area (Å²) in [5, 5.41) is 7.16. The summed E-state index contributed by atoms with van der Waals surface area (Å²) >= 11 is 0. The molecule has 27 heavy (non-hydrogen) atoms. The number of hydrogen-bond donors (Lipinski definition) is 1. The van der Waals surface area contributed by atoms with E-state index in [4.69, 9.17) is 4.74 Å². The van der Waals surface area contributed by atoms with Crippen LogP contribution in [0, 0.1) is 13.8 Å². The predicted octanol–water partition coefficient (Wildman–Crippen LogP) is 3.67. The summed E-state index contributed by atoms with van der Waals surface area (Å²) < 4.78 is 7.07. The van der Waals surface area contributed by atoms with E-state index in [0.717, 1.165) is 5.69 Å². The van der Waals surface area contributed by atoms with Crippen LogP contribution in [-0.2, 0) is 9.53 Å². The molecule has 1 aromatic heterocycles. The number of benzene rings is 2. The van der Waals surface area contributed by atoms with Crippen molar-refractivity contribution < 1.29 is 14.3 Å². The summed E-state index contributed by atoms with van der Waals surface area (Å²) in [4.78, 5) is 24.9. The van der Waals surface area contributed by atoms with Gasteiger partial charge < -0.3 is 10.1 Å². The van der Waals surface area contributed by atoms with E-state index in [2.05, 4.69) is 10.4 Å². The van der Waals surface area contributed by atoms with Gasteiger partial charge in [-0.15, -0.1) is 0 Å². The van der Waals surface area contributed by atoms with Crippen molar-refractivity contribution in [2.45, 2.75) is 26.9 Å². The number of rotatable bonds is 5. The third-order valence-electron chi connectivity index (χ3n) is 4.19. The van der Waals surface area contributed by atoms with E-state index >= 15 is 0 Å². The van der Waals surface area contributed by atoms with Crippen LogP contribution in [0.25, 0.3) is 5.69 Å². The van der Waals surface area contributed by atoms with Crippen LogP contribution in [0.5, 0.6) is 0 Å². The molecule has 0 aliphatic rings. The first-order valence-corrected chi connectivity index (χ1v) is 8.66. The number of esters is 1. The molecule has 6 nitrogen and oxygen atoms in total. The van der Waals surface area contributed by atoms with Gasteiger partial charge in [0.1, 0.15) is 5.56 Å². The number of amides is 1. The molecule has 1 atom stereocenters. The highest BCUT2D eigenvalue weighted by Gasteiger charge is 2.25. The van der Waals surface area contributed by atoms with Gasteiger partial charge in [0.2, 0.25) is 0 Å². The first-order chi connectivity index (χ1) is 13.0. The van der Waals surface area contributed by atoms with Crippen LogP contribution in [0.2, 0.25) is 0 Å². The highest BCUT2D eigenvalue weighted by molar-refractivity contribution is 5.98. The van der Waals surface area contributed by atoms with Crippen LogP contribution in [0.15, 0.2) is 60.7 Å². The number of carbonyl (C=O) groups is 2. The molecular formula is C21H21N3O3. The zero-order valence-electron chi connectivity index (χ0n) is 15.5. The topological polar surface area (TPSA) is 73.2 Å². The number of carbonyl (C=O) groups excluding carboxylic acids is 2. The maximum absolute atomic E-state index is 12.6. The van der Waals surface area contributed by atoms with Crippen molar-refractivity contribution in [2.75, 3.05) is 5.32 Å². The molecule has 1 heterocycles. The highest BCUT2D eigenvalue weighted by Crippen LogP contribution is 2.19. The molecule has 0 aliphatic heterocycles. The predicted molar refractivity (Wildman–Crippen MR) is 103 cm³/mol. The Kier molecular flexibility index (Phi) is 5.35. The summed E-state index contributed by atoms with van der Waals surface area (Å²) in [5.74, 6) is -0.955. The number of nitrogens with one attached hydrogen (secondary N) is 1. The summed E-state index contributed by atoms with van der Waals surface area (Å²) in [6, 6.07) is 18.6. The maximum Gasteiger partial charge on any atom is 0.342 e. The van der Waals surface area contributed by atoms with E-state index in [1.54, 1.807) is 37.6 Å². The van der Waals surface area contributed by atoms with Crippen molar-refractivity contribution in [1.29, 1.82) is 0 Å². The Labute approximate surface area is 157 Å². The molecule has 1 N–H and O–H groups in total. The lowest BCUT2D eigenvalue weighted by atomic mass is 10.2. The monoisotopic (exact) mass is 363 g/mol. The standard InChI is InChI=1S/C21H21N3O3/c1-14-19(15(2)24(23-14)18-12-8-5-9-13-18)21(26)27-16(3)20(25)22-17-10-6-4-7-11-17/h4-13,16H,1-3H3,(H,22,25)/t16-/m0/s1. The van der Waals surface area contributed by atoms with Crippen LogP contribution < -0.4 is 5.32 Å². The van der Waals surface area contributed by atoms with Crippen molar-refractivity contribution in [3.63, 3.8) is 0 Å². The molecule has 0 aliphatic carbocycles. The van der Waals surface area contributed by atoms with Gasteiger partial charge in [-0.3, -0.25) is 4.79 Å². The molecule has 3 aromatic rings. The summed E-state index contributed by atoms with van der Waals surface area (Å²) in [6.45, 7) is 5.10. The van der Waals surface area contributed by atoms with Gasteiger partial charge in [0.25, 0.3) is 5.91 Å². The highest BCUT2D eigenvalue weighted by atomic mass is 16.5. The van der Waals surface area contributed by atoms with Gasteiger partial charge >= 0.3 is 5.97 Å². The van der Waals surface area contributed by atoms with Crippen molar-refractivity contribution >= 4 is 17.6 Å². The Hall–Kier alpha value is -3.41. The van der Waals surface area contributed by atoms with E-state index in [-0.39, 0.29) is 5.91 Å². The second-order valence-electron chi connectivity index (χ2n) is 6.20. The molecule has 0 spiro atoms. The molecular weight excluding hydrogens is 342 g/mol. The van der Waals surface area contributed by atoms with E-state index in [1.807, 2.05) is 48.5 Å². The van der Waals surface area contributed by atoms with E-state index < -0.39 is 12.1 Å². The normalized spacial score (nSPS) is 11.7. The molecule has 0 saturated heterocycles. The number of para-hydroxylation sites is 2. The van der Waals surface area contributed by atoms with Crippen molar-refractivity contribution in [3.05, 3.63) is 77.6 Å². The molecule has 138 valence electrons. The van der Waals surface area contributed by atoms with Crippen molar-refractivity contribution in [3.8, 4) is 5.69 Å². The zero-order chi connectivity index (χ0) is 19.4. The summed E-state index contributed by atoms with van der Waals surface area (Å²) in [6.07, 6.45) is -0.934. The molecule has 6 heteroatoms. The van der Waals surface area contributed by atoms with Crippen LogP contribution in [0.4, 0.5) is 5.69 Å². The minimum Gasteiger partial charge on any atom is -0.449 e. The lowest BCUT2D eigenvalue weighted by Gasteiger charge is -2.13. The molecule has 1 amide bonds. The summed E-state index contributed by atoms with van der Waals surface area (Å²) in [5.41, 5.74) is 3.09. The fourth-order valence-electron chi connectivity index (χ4n) is 2.80. The van der Waals surface area contributed by atoms with Gasteiger partial charge in [-0.25, -0.2) is 9.48 Å². The Morgan fingerprint density at radius 2 is 1.59 bits per heavy atom. The Bertz CT molecular complexity index is 950. The molecule has 3 rings (SSSR count). The molecule has 0 radical (unpaired) electrons. The second kappa shape index (κ2) is 7.86. The Balaban J connectivity index is 1.74. The first-order valence-electron chi connectivity index (χ1n) is 8.66. The van der Waals surface area contributed by atoms with Crippen molar-refractivity contribution in [2.24, 2.45) is 0 Å². The quantitative estimate of drug-likeness (QED) is 0.702. The molecule has 0 bridgehead atoms. The molecule has 0 saturated carbocycles. The largest absolute Gasteiger partial charge is 0.449 e. The number of nitrogens with zero attached hydrogens (tertiary/aromatic N) is 2. The number of hydrogen-bond acceptors (Lipinski definition) is 4. The fourth-order valence-corrected chi connectivity index (χ4v) is 2.80. The second-order valence-corrected chi connectivity index (χ2v) is 6.20.